The molecule has 4 amide bonds. The molecule has 3 rings (SSSR count). The van der Waals surface area contributed by atoms with Crippen molar-refractivity contribution in [2.24, 2.45) is 22.0 Å². The van der Waals surface area contributed by atoms with E-state index in [4.69, 9.17) is 0 Å². The van der Waals surface area contributed by atoms with Gasteiger partial charge in [-0.1, -0.05) is 52.0 Å². The molecule has 206 valence electrons. The summed E-state index contributed by atoms with van der Waals surface area (Å²) in [5.74, 6) is -1.23. The van der Waals surface area contributed by atoms with Crippen LogP contribution in [0, 0.1) is 11.8 Å². The summed E-state index contributed by atoms with van der Waals surface area (Å²) >= 11 is 0. The van der Waals surface area contributed by atoms with Gasteiger partial charge in [-0.2, -0.15) is 10.2 Å². The predicted octanol–water partition coefficient (Wildman–Crippen LogP) is 4.40. The zero-order valence-electron chi connectivity index (χ0n) is 22.8. The van der Waals surface area contributed by atoms with Crippen LogP contribution in [0.4, 0.5) is 11.4 Å². The molecule has 0 saturated carbocycles. The number of anilines is 2. The standard InChI is InChI=1S/C30H32N6O4/c1-19(2)27(37)33-25-13-9-23(10-14-25)29(39)35-31-17-21-5-7-22(8-6-21)18-32-36-30(40)24-11-15-26(16-12-24)34-28(38)20(3)4/h5-20H,1-4H3,(H,33,37)(H,34,38)(H,35,39)(H,36,40). The van der Waals surface area contributed by atoms with Gasteiger partial charge in [0.2, 0.25) is 11.8 Å². The highest BCUT2D eigenvalue weighted by molar-refractivity contribution is 5.97. The van der Waals surface area contributed by atoms with Crippen molar-refractivity contribution in [3.63, 3.8) is 0 Å². The van der Waals surface area contributed by atoms with Gasteiger partial charge in [-0.05, 0) is 59.7 Å². The maximum atomic E-state index is 12.3. The van der Waals surface area contributed by atoms with Gasteiger partial charge in [0.25, 0.3) is 11.8 Å². The summed E-state index contributed by atoms with van der Waals surface area (Å²) < 4.78 is 0. The van der Waals surface area contributed by atoms with Gasteiger partial charge >= 0.3 is 0 Å². The second-order valence-electron chi connectivity index (χ2n) is 9.51. The van der Waals surface area contributed by atoms with E-state index < -0.39 is 0 Å². The Bertz CT molecular complexity index is 1290. The Kier molecular flexibility index (Phi) is 10.4. The quantitative estimate of drug-likeness (QED) is 0.223. The third-order valence-corrected chi connectivity index (χ3v) is 5.57. The van der Waals surface area contributed by atoms with Crippen molar-refractivity contribution in [1.82, 2.24) is 10.9 Å². The Labute approximate surface area is 233 Å². The molecule has 10 nitrogen and oxygen atoms in total. The largest absolute Gasteiger partial charge is 0.326 e. The third kappa shape index (κ3) is 9.02. The molecule has 0 bridgehead atoms. The van der Waals surface area contributed by atoms with Crippen LogP contribution in [0.15, 0.2) is 83.0 Å². The minimum Gasteiger partial charge on any atom is -0.326 e. The fraction of sp³-hybridized carbons (Fsp3) is 0.200. The Balaban J connectivity index is 1.46. The van der Waals surface area contributed by atoms with E-state index in [-0.39, 0.29) is 35.5 Å². The smallest absolute Gasteiger partial charge is 0.271 e. The molecule has 0 fully saturated rings. The Morgan fingerprint density at radius 3 is 1.18 bits per heavy atom. The number of hydrogen-bond acceptors (Lipinski definition) is 6. The minimum atomic E-state index is -0.382. The number of benzene rings is 3. The van der Waals surface area contributed by atoms with Gasteiger partial charge in [0.15, 0.2) is 0 Å². The van der Waals surface area contributed by atoms with E-state index in [0.29, 0.717) is 22.5 Å². The van der Waals surface area contributed by atoms with Crippen molar-refractivity contribution in [3.05, 3.63) is 95.1 Å². The maximum Gasteiger partial charge on any atom is 0.271 e. The summed E-state index contributed by atoms with van der Waals surface area (Å²) in [6.45, 7) is 7.21. The van der Waals surface area contributed by atoms with Crippen LogP contribution < -0.4 is 21.5 Å². The van der Waals surface area contributed by atoms with E-state index >= 15 is 0 Å². The molecule has 0 spiro atoms. The Morgan fingerprint density at radius 2 is 0.875 bits per heavy atom. The lowest BCUT2D eigenvalue weighted by molar-refractivity contribution is -0.119. The summed E-state index contributed by atoms with van der Waals surface area (Å²) in [5, 5.41) is 13.5. The number of rotatable bonds is 10. The van der Waals surface area contributed by atoms with Crippen LogP contribution >= 0.6 is 0 Å². The summed E-state index contributed by atoms with van der Waals surface area (Å²) in [4.78, 5) is 48.2. The van der Waals surface area contributed by atoms with Crippen molar-refractivity contribution in [1.29, 1.82) is 0 Å². The molecule has 0 unspecified atom stereocenters. The van der Waals surface area contributed by atoms with Gasteiger partial charge in [-0.15, -0.1) is 0 Å². The van der Waals surface area contributed by atoms with Crippen LogP contribution in [-0.2, 0) is 9.59 Å². The first kappa shape index (κ1) is 29.4. The molecule has 0 aliphatic heterocycles. The zero-order valence-corrected chi connectivity index (χ0v) is 22.8. The van der Waals surface area contributed by atoms with Crippen LogP contribution in [0.1, 0.15) is 59.5 Å². The fourth-order valence-electron chi connectivity index (χ4n) is 3.11. The van der Waals surface area contributed by atoms with E-state index in [0.717, 1.165) is 11.1 Å². The number of amides is 4. The average molecular weight is 541 g/mol. The van der Waals surface area contributed by atoms with E-state index in [2.05, 4.69) is 31.7 Å². The summed E-state index contributed by atoms with van der Waals surface area (Å²) in [6, 6.07) is 20.2. The van der Waals surface area contributed by atoms with Crippen molar-refractivity contribution in [2.45, 2.75) is 27.7 Å². The Hall–Kier alpha value is -5.12. The first-order chi connectivity index (χ1) is 19.1. The van der Waals surface area contributed by atoms with Gasteiger partial charge in [-0.25, -0.2) is 10.9 Å². The van der Waals surface area contributed by atoms with Crippen LogP contribution in [0.3, 0.4) is 0 Å². The fourth-order valence-corrected chi connectivity index (χ4v) is 3.11. The number of carbonyl (C=O) groups is 4. The predicted molar refractivity (Wildman–Crippen MR) is 156 cm³/mol. The number of carbonyl (C=O) groups excluding carboxylic acids is 4. The number of nitrogens with zero attached hydrogens (tertiary/aromatic N) is 2. The molecular formula is C30H32N6O4. The molecule has 0 aliphatic rings. The number of hydrazone groups is 2. The zero-order chi connectivity index (χ0) is 29.1. The van der Waals surface area contributed by atoms with Crippen LogP contribution in [0.2, 0.25) is 0 Å². The summed E-state index contributed by atoms with van der Waals surface area (Å²) in [6.07, 6.45) is 3.01. The van der Waals surface area contributed by atoms with Crippen molar-refractivity contribution in [2.75, 3.05) is 10.6 Å². The van der Waals surface area contributed by atoms with Gasteiger partial charge in [-0.3, -0.25) is 19.2 Å². The topological polar surface area (TPSA) is 141 Å². The second kappa shape index (κ2) is 14.1. The SMILES string of the molecule is CC(C)C(=O)Nc1ccc(C(=O)NN=Cc2ccc(C=NNC(=O)c3ccc(NC(=O)C(C)C)cc3)cc2)cc1. The van der Waals surface area contributed by atoms with Crippen molar-refractivity contribution < 1.29 is 19.2 Å². The van der Waals surface area contributed by atoms with Gasteiger partial charge in [0.05, 0.1) is 12.4 Å². The van der Waals surface area contributed by atoms with Gasteiger partial charge < -0.3 is 10.6 Å². The molecule has 0 atom stereocenters. The highest BCUT2D eigenvalue weighted by Gasteiger charge is 2.10. The molecule has 4 N–H and O–H groups in total. The van der Waals surface area contributed by atoms with E-state index in [1.807, 2.05) is 0 Å². The summed E-state index contributed by atoms with van der Waals surface area (Å²) in [7, 11) is 0. The molecule has 3 aromatic carbocycles. The molecule has 0 heterocycles. The van der Waals surface area contributed by atoms with Crippen molar-refractivity contribution >= 4 is 47.4 Å². The molecular weight excluding hydrogens is 508 g/mol. The van der Waals surface area contributed by atoms with E-state index in [9.17, 15) is 19.2 Å². The van der Waals surface area contributed by atoms with Crippen LogP contribution in [-0.4, -0.2) is 36.1 Å². The second-order valence-corrected chi connectivity index (χ2v) is 9.51. The Morgan fingerprint density at radius 1 is 0.550 bits per heavy atom. The summed E-state index contributed by atoms with van der Waals surface area (Å²) in [5.41, 5.74) is 8.47. The minimum absolute atomic E-state index is 0.0969. The highest BCUT2D eigenvalue weighted by atomic mass is 16.2. The molecule has 0 saturated heterocycles. The lowest BCUT2D eigenvalue weighted by Gasteiger charge is -2.08. The van der Waals surface area contributed by atoms with E-state index in [1.54, 1.807) is 100 Å². The van der Waals surface area contributed by atoms with Crippen LogP contribution in [0.25, 0.3) is 0 Å². The molecule has 3 aromatic rings. The van der Waals surface area contributed by atoms with E-state index in [1.165, 1.54) is 12.4 Å². The third-order valence-electron chi connectivity index (χ3n) is 5.57. The van der Waals surface area contributed by atoms with Gasteiger partial charge in [0, 0.05) is 34.3 Å². The number of hydrogen-bond donors (Lipinski definition) is 4. The first-order valence-electron chi connectivity index (χ1n) is 12.7. The lowest BCUT2D eigenvalue weighted by atomic mass is 10.1. The monoisotopic (exact) mass is 540 g/mol. The first-order valence-corrected chi connectivity index (χ1v) is 12.7. The normalized spacial score (nSPS) is 11.2. The number of nitrogens with one attached hydrogen (secondary N) is 4. The molecule has 40 heavy (non-hydrogen) atoms. The molecule has 0 aliphatic carbocycles. The highest BCUT2D eigenvalue weighted by Crippen LogP contribution is 2.12. The molecule has 10 heteroatoms. The molecule has 0 radical (unpaired) electrons. The van der Waals surface area contributed by atoms with Gasteiger partial charge in [0.1, 0.15) is 0 Å². The molecule has 0 aromatic heterocycles. The lowest BCUT2D eigenvalue weighted by Crippen LogP contribution is -2.19. The van der Waals surface area contributed by atoms with Crippen molar-refractivity contribution in [3.8, 4) is 0 Å². The van der Waals surface area contributed by atoms with Crippen LogP contribution in [0.5, 0.6) is 0 Å². The maximum absolute atomic E-state index is 12.3. The average Bonchev–Trinajstić information content (AvgIpc) is 2.94.